The van der Waals surface area contributed by atoms with Gasteiger partial charge in [0.15, 0.2) is 0 Å². The quantitative estimate of drug-likeness (QED) is 0.808. The monoisotopic (exact) mass is 277 g/mol. The molecule has 2 bridgehead atoms. The Kier molecular flexibility index (Phi) is 2.74. The average Bonchev–Trinajstić information content (AvgIpc) is 2.79. The number of anilines is 1. The summed E-state index contributed by atoms with van der Waals surface area (Å²) >= 11 is 0. The van der Waals surface area contributed by atoms with E-state index in [0.29, 0.717) is 24.9 Å². The number of aliphatic hydroxyl groups is 1. The highest BCUT2D eigenvalue weighted by molar-refractivity contribution is 5.94. The van der Waals surface area contributed by atoms with Crippen molar-refractivity contribution in [2.45, 2.75) is 43.4 Å². The van der Waals surface area contributed by atoms with E-state index in [2.05, 4.69) is 53.3 Å². The highest BCUT2D eigenvalue weighted by atomic mass is 16.3. The average molecular weight is 277 g/mol. The molecular formula is C19H19NO. The van der Waals surface area contributed by atoms with Crippen molar-refractivity contribution >= 4 is 16.5 Å². The van der Waals surface area contributed by atoms with Gasteiger partial charge in [-0.1, -0.05) is 42.3 Å². The molecule has 2 fully saturated rings. The Morgan fingerprint density at radius 1 is 1.05 bits per heavy atom. The Balaban J connectivity index is 1.79. The molecule has 2 aromatic rings. The van der Waals surface area contributed by atoms with E-state index in [1.54, 1.807) is 0 Å². The van der Waals surface area contributed by atoms with Gasteiger partial charge in [-0.15, -0.1) is 6.42 Å². The summed E-state index contributed by atoms with van der Waals surface area (Å²) in [5.74, 6) is 2.62. The fourth-order valence-electron chi connectivity index (χ4n) is 4.17. The molecule has 0 spiro atoms. The zero-order chi connectivity index (χ0) is 14.4. The molecule has 2 aromatic carbocycles. The van der Waals surface area contributed by atoms with Crippen LogP contribution in [0.2, 0.25) is 0 Å². The maximum absolute atomic E-state index is 10.5. The van der Waals surface area contributed by atoms with Crippen molar-refractivity contribution in [3.63, 3.8) is 0 Å². The third-order valence-corrected chi connectivity index (χ3v) is 5.08. The van der Waals surface area contributed by atoms with Crippen LogP contribution < -0.4 is 4.90 Å². The molecule has 1 N–H and O–H groups in total. The fourth-order valence-corrected chi connectivity index (χ4v) is 4.17. The lowest BCUT2D eigenvalue weighted by Crippen LogP contribution is -2.50. The highest BCUT2D eigenvalue weighted by Crippen LogP contribution is 2.44. The number of rotatable bonds is 1. The number of terminal acetylenes is 1. The van der Waals surface area contributed by atoms with Gasteiger partial charge in [-0.25, -0.2) is 0 Å². The van der Waals surface area contributed by atoms with Crippen molar-refractivity contribution < 1.29 is 5.11 Å². The second-order valence-corrected chi connectivity index (χ2v) is 6.37. The van der Waals surface area contributed by atoms with Crippen LogP contribution in [0.1, 0.15) is 25.7 Å². The summed E-state index contributed by atoms with van der Waals surface area (Å²) in [5, 5.41) is 13.0. The van der Waals surface area contributed by atoms with Crippen molar-refractivity contribution in [3.8, 4) is 12.3 Å². The maximum atomic E-state index is 10.5. The molecule has 2 unspecified atom stereocenters. The molecule has 0 radical (unpaired) electrons. The van der Waals surface area contributed by atoms with Gasteiger partial charge in [-0.05, 0) is 24.3 Å². The molecule has 2 aliphatic rings. The van der Waals surface area contributed by atoms with Crippen LogP contribution in [0.4, 0.5) is 5.69 Å². The molecule has 4 rings (SSSR count). The number of fused-ring (bicyclic) bond motifs is 3. The van der Waals surface area contributed by atoms with E-state index >= 15 is 0 Å². The van der Waals surface area contributed by atoms with Crippen LogP contribution in [0, 0.1) is 12.3 Å². The molecular weight excluding hydrogens is 258 g/mol. The van der Waals surface area contributed by atoms with E-state index in [4.69, 9.17) is 6.42 Å². The van der Waals surface area contributed by atoms with Gasteiger partial charge in [0.05, 0.1) is 0 Å². The van der Waals surface area contributed by atoms with Gasteiger partial charge in [0.2, 0.25) is 0 Å². The number of hydrogen-bond donors (Lipinski definition) is 1. The number of piperidine rings is 1. The first kappa shape index (κ1) is 12.7. The fraction of sp³-hybridized carbons (Fsp3) is 0.368. The van der Waals surface area contributed by atoms with E-state index in [9.17, 15) is 5.11 Å². The molecule has 2 heteroatoms. The summed E-state index contributed by atoms with van der Waals surface area (Å²) in [7, 11) is 0. The third-order valence-electron chi connectivity index (χ3n) is 5.08. The Bertz CT molecular complexity index is 710. The van der Waals surface area contributed by atoms with Crippen molar-refractivity contribution in [2.75, 3.05) is 4.90 Å². The van der Waals surface area contributed by atoms with Gasteiger partial charge in [0, 0.05) is 36.0 Å². The second kappa shape index (κ2) is 4.51. The van der Waals surface area contributed by atoms with E-state index in [1.807, 2.05) is 0 Å². The molecule has 0 aliphatic carbocycles. The molecule has 2 aliphatic heterocycles. The van der Waals surface area contributed by atoms with E-state index in [1.165, 1.54) is 16.5 Å². The van der Waals surface area contributed by atoms with Gasteiger partial charge in [-0.3, -0.25) is 0 Å². The van der Waals surface area contributed by atoms with Gasteiger partial charge in [0.1, 0.15) is 5.60 Å². The largest absolute Gasteiger partial charge is 0.377 e. The van der Waals surface area contributed by atoms with Crippen molar-refractivity contribution in [3.05, 3.63) is 42.5 Å². The lowest BCUT2D eigenvalue weighted by atomic mass is 9.86. The predicted molar refractivity (Wildman–Crippen MR) is 86.3 cm³/mol. The zero-order valence-corrected chi connectivity index (χ0v) is 12.0. The first-order valence-corrected chi connectivity index (χ1v) is 7.66. The Hall–Kier alpha value is -1.98. The molecule has 2 saturated heterocycles. The summed E-state index contributed by atoms with van der Waals surface area (Å²) in [5.41, 5.74) is 0.382. The number of benzene rings is 2. The lowest BCUT2D eigenvalue weighted by Gasteiger charge is -2.43. The molecule has 0 amide bonds. The van der Waals surface area contributed by atoms with Crippen LogP contribution in [-0.4, -0.2) is 22.8 Å². The van der Waals surface area contributed by atoms with Crippen molar-refractivity contribution in [1.82, 2.24) is 0 Å². The Morgan fingerprint density at radius 3 is 2.43 bits per heavy atom. The topological polar surface area (TPSA) is 23.5 Å². The third kappa shape index (κ3) is 1.92. The normalized spacial score (nSPS) is 31.3. The van der Waals surface area contributed by atoms with Crippen molar-refractivity contribution in [2.24, 2.45) is 0 Å². The summed E-state index contributed by atoms with van der Waals surface area (Å²) in [6, 6.07) is 15.7. The Labute approximate surface area is 125 Å². The minimum Gasteiger partial charge on any atom is -0.377 e. The molecule has 0 aromatic heterocycles. The summed E-state index contributed by atoms with van der Waals surface area (Å²) < 4.78 is 0. The highest BCUT2D eigenvalue weighted by Gasteiger charge is 2.47. The smallest absolute Gasteiger partial charge is 0.129 e. The van der Waals surface area contributed by atoms with E-state index < -0.39 is 5.60 Å². The van der Waals surface area contributed by atoms with Crippen LogP contribution in [0.3, 0.4) is 0 Å². The molecule has 2 nitrogen and oxygen atoms in total. The minimum atomic E-state index is -0.910. The van der Waals surface area contributed by atoms with Gasteiger partial charge in [0.25, 0.3) is 0 Å². The van der Waals surface area contributed by atoms with E-state index in [0.717, 1.165) is 12.8 Å². The summed E-state index contributed by atoms with van der Waals surface area (Å²) in [6.07, 6.45) is 9.16. The Morgan fingerprint density at radius 2 is 1.71 bits per heavy atom. The summed E-state index contributed by atoms with van der Waals surface area (Å²) in [6.45, 7) is 0. The first-order chi connectivity index (χ1) is 10.2. The minimum absolute atomic E-state index is 0.357. The van der Waals surface area contributed by atoms with Crippen LogP contribution in [0.25, 0.3) is 10.8 Å². The van der Waals surface area contributed by atoms with Gasteiger partial charge >= 0.3 is 0 Å². The zero-order valence-electron chi connectivity index (χ0n) is 12.0. The van der Waals surface area contributed by atoms with Gasteiger partial charge < -0.3 is 10.0 Å². The van der Waals surface area contributed by atoms with Gasteiger partial charge in [-0.2, -0.15) is 0 Å². The van der Waals surface area contributed by atoms with E-state index in [-0.39, 0.29) is 0 Å². The van der Waals surface area contributed by atoms with Crippen molar-refractivity contribution in [1.29, 1.82) is 0 Å². The maximum Gasteiger partial charge on any atom is 0.129 e. The van der Waals surface area contributed by atoms with Crippen LogP contribution >= 0.6 is 0 Å². The number of hydrogen-bond acceptors (Lipinski definition) is 2. The second-order valence-electron chi connectivity index (χ2n) is 6.37. The molecule has 106 valence electrons. The molecule has 21 heavy (non-hydrogen) atoms. The lowest BCUT2D eigenvalue weighted by molar-refractivity contribution is 0.0582. The predicted octanol–water partition coefficient (Wildman–Crippen LogP) is 3.34. The van der Waals surface area contributed by atoms with Crippen LogP contribution in [0.5, 0.6) is 0 Å². The summed E-state index contributed by atoms with van der Waals surface area (Å²) in [4.78, 5) is 2.51. The first-order valence-electron chi connectivity index (χ1n) is 7.66. The molecule has 0 saturated carbocycles. The van der Waals surface area contributed by atoms with Crippen LogP contribution in [-0.2, 0) is 0 Å². The number of nitrogens with zero attached hydrogens (tertiary/aromatic N) is 1. The SMILES string of the molecule is C#CC1(O)CC2CCC(C1)N2c1cccc2ccccc12. The van der Waals surface area contributed by atoms with Crippen LogP contribution in [0.15, 0.2) is 42.5 Å². The molecule has 2 heterocycles. The molecule has 2 atom stereocenters. The standard InChI is InChI=1S/C19H19NO/c1-2-19(21)12-15-10-11-16(13-19)20(15)18-9-5-7-14-6-3-4-8-17(14)18/h1,3-9,15-16,21H,10-13H2.